The average molecular weight is 1410 g/mol. The van der Waals surface area contributed by atoms with Gasteiger partial charge in [0.15, 0.2) is 0 Å². The third-order valence-electron chi connectivity index (χ3n) is 23.8. The van der Waals surface area contributed by atoms with Crippen LogP contribution in [0.4, 0.5) is 22.1 Å². The number of hydrogen-bond acceptors (Lipinski definition) is 23. The van der Waals surface area contributed by atoms with Crippen molar-refractivity contribution in [3.63, 3.8) is 0 Å². The number of ether oxygens (including phenoxy) is 2. The molecular formula is C76H73B3N12O8S3. The fourth-order valence-electron chi connectivity index (χ4n) is 17.9. The van der Waals surface area contributed by atoms with Crippen LogP contribution < -0.4 is 42.2 Å². The van der Waals surface area contributed by atoms with E-state index in [4.69, 9.17) is 48.9 Å². The van der Waals surface area contributed by atoms with Crippen LogP contribution in [0.2, 0.25) is 0 Å². The molecule has 6 aromatic carbocycles. The van der Waals surface area contributed by atoms with Crippen LogP contribution in [0, 0.1) is 48.3 Å². The standard InChI is InChI=1S/C76H73B3N12O8S3/c1-37-17-51(72-84-36-69(102-72)88-62-35-87-91-60-20-41(13-16-47(60)62)49-26-55(77(92)93)63(94-9)28-52(49)70-82-30-38(2)100-70)48(25-54(37)78-96-67-23-42-21-65(73(42,3)4)75(67,7)98-78)40-12-15-46-59(19-40)90-86-34-61(46)81-31-44-32-83-71(101-44)53-29-64(95-10)56(27-50(53)39-11-14-45-57(80)33-85-89-58(45)18-39)79-97-68-24-43-22-66(74(43,5)6)76(68,8)99-79/h11-20,25-30,32-36,42-43,65-68,92-93H,21-24,31H2,1-10H3,(H2,80,89)(H,81,90)(H,88,91)/t42-,43-,65-,66-,67+,68+,75-,76-/m0/s1. The van der Waals surface area contributed by atoms with E-state index < -0.39 is 32.6 Å². The van der Waals surface area contributed by atoms with Gasteiger partial charge in [-0.3, -0.25) is 0 Å². The highest BCUT2D eigenvalue weighted by Crippen LogP contribution is 2.67. The van der Waals surface area contributed by atoms with E-state index in [0.29, 0.717) is 64.0 Å². The molecule has 102 heavy (non-hydrogen) atoms. The molecule has 8 heterocycles. The smallest absolute Gasteiger partial charge is 0.497 e. The summed E-state index contributed by atoms with van der Waals surface area (Å²) in [5, 5.41) is 61.0. The van der Waals surface area contributed by atoms with Gasteiger partial charge in [0.1, 0.15) is 31.5 Å². The van der Waals surface area contributed by atoms with Crippen LogP contribution in [0.15, 0.2) is 128 Å². The predicted octanol–water partition coefficient (Wildman–Crippen LogP) is 13.0. The minimum atomic E-state index is -1.76. The number of hydrogen-bond donors (Lipinski definition) is 5. The molecule has 20 nitrogen and oxygen atoms in total. The topological polar surface area (TPSA) is 262 Å². The van der Waals surface area contributed by atoms with Gasteiger partial charge in [-0.05, 0) is 181 Å². The molecule has 2 aliphatic heterocycles. The molecule has 6 aliphatic carbocycles. The van der Waals surface area contributed by atoms with Crippen LogP contribution in [0.1, 0.15) is 82.5 Å². The molecule has 26 heteroatoms. The highest BCUT2D eigenvalue weighted by atomic mass is 32.1. The van der Waals surface area contributed by atoms with E-state index in [0.717, 1.165) is 150 Å². The van der Waals surface area contributed by atoms with Crippen LogP contribution in [0.25, 0.3) is 97.8 Å². The first-order valence-corrected chi connectivity index (χ1v) is 37.1. The van der Waals surface area contributed by atoms with Crippen LogP contribution in [-0.2, 0) is 25.2 Å². The van der Waals surface area contributed by atoms with Gasteiger partial charge >= 0.3 is 21.4 Å². The zero-order valence-electron chi connectivity index (χ0n) is 58.0. The normalized spacial score (nSPS) is 23.5. The van der Waals surface area contributed by atoms with Crippen molar-refractivity contribution in [1.82, 2.24) is 45.5 Å². The lowest BCUT2D eigenvalue weighted by molar-refractivity contribution is -0.199. The number of benzene rings is 6. The summed E-state index contributed by atoms with van der Waals surface area (Å²) < 4.78 is 40.0. The molecule has 512 valence electrons. The summed E-state index contributed by atoms with van der Waals surface area (Å²) in [6.45, 7) is 18.6. The molecule has 20 rings (SSSR count). The fourth-order valence-corrected chi connectivity index (χ4v) is 20.4. The first-order chi connectivity index (χ1) is 49.1. The van der Waals surface area contributed by atoms with E-state index in [1.807, 2.05) is 55.8 Å². The molecule has 12 aromatic rings. The maximum Gasteiger partial charge on any atom is 0.498 e. The molecule has 8 fully saturated rings. The number of rotatable bonds is 16. The van der Waals surface area contributed by atoms with Crippen molar-refractivity contribution in [3.8, 4) is 76.6 Å². The summed E-state index contributed by atoms with van der Waals surface area (Å²) in [6, 6.07) is 30.6. The Balaban J connectivity index is 0.656. The Morgan fingerprint density at radius 1 is 0.549 bits per heavy atom. The number of nitrogens with zero attached hydrogens (tertiary/aromatic N) is 9. The second-order valence-corrected chi connectivity index (χ2v) is 33.3. The van der Waals surface area contributed by atoms with Crippen molar-refractivity contribution in [2.75, 3.05) is 30.6 Å². The Bertz CT molecular complexity index is 5430. The lowest BCUT2D eigenvalue weighted by Gasteiger charge is -2.64. The Labute approximate surface area is 602 Å². The predicted molar refractivity (Wildman–Crippen MR) is 405 cm³/mol. The number of nitrogen functional groups attached to an aromatic ring is 1. The van der Waals surface area contributed by atoms with E-state index in [1.54, 1.807) is 60.5 Å². The average Bonchev–Trinajstić information content (AvgIpc) is 1.41. The molecule has 0 unspecified atom stereocenters. The van der Waals surface area contributed by atoms with Gasteiger partial charge in [0.05, 0.1) is 103 Å². The summed E-state index contributed by atoms with van der Waals surface area (Å²) in [6.07, 6.45) is 14.9. The SMILES string of the molecule is COc1cc(-c2ncc(C)s2)c(-c2ccc3c(Nc4cnc(-c5cc(C)c(B6O[C@@H]7C[C@@H]8C[C@@H](C8(C)C)[C@]7(C)O6)cc5-c5ccc6c(NCc7cnc(-c8cc(OC)c(B9O[C@@H]%10C[C@@H]%11C[C@@H](C%11(C)C)[C@]%10(C)O9)cc8-c8ccc9c(N)cnnc9c8)s7)cnnc6c5)s4)cnnc3c2)cc1B(O)O. The van der Waals surface area contributed by atoms with Gasteiger partial charge in [-0.15, -0.1) is 22.7 Å². The lowest BCUT2D eigenvalue weighted by atomic mass is 9.43. The van der Waals surface area contributed by atoms with E-state index in [2.05, 4.69) is 138 Å². The molecule has 6 N–H and O–H groups in total. The summed E-state index contributed by atoms with van der Waals surface area (Å²) in [4.78, 5) is 16.9. The zero-order valence-corrected chi connectivity index (χ0v) is 60.5. The van der Waals surface area contributed by atoms with Crippen LogP contribution in [-0.4, -0.2) is 115 Å². The molecule has 0 radical (unpaired) electrons. The molecule has 8 aliphatic rings. The van der Waals surface area contributed by atoms with E-state index in [-0.39, 0.29) is 28.5 Å². The minimum absolute atomic E-state index is 0.00208. The molecule has 0 amide bonds. The Morgan fingerprint density at radius 2 is 1.06 bits per heavy atom. The molecule has 8 atom stereocenters. The monoisotopic (exact) mass is 1410 g/mol. The third kappa shape index (κ3) is 10.5. The Hall–Kier alpha value is -8.82. The van der Waals surface area contributed by atoms with Crippen molar-refractivity contribution in [3.05, 3.63) is 143 Å². The number of methoxy groups -OCH3 is 2. The van der Waals surface area contributed by atoms with Gasteiger partial charge < -0.3 is 54.5 Å². The molecule has 6 aromatic heterocycles. The third-order valence-corrected chi connectivity index (χ3v) is 26.7. The Morgan fingerprint density at radius 3 is 1.66 bits per heavy atom. The number of anilines is 4. The van der Waals surface area contributed by atoms with Gasteiger partial charge in [0.2, 0.25) is 0 Å². The van der Waals surface area contributed by atoms with Crippen molar-refractivity contribution in [2.24, 2.45) is 34.5 Å². The van der Waals surface area contributed by atoms with E-state index in [1.165, 1.54) is 18.4 Å². The van der Waals surface area contributed by atoms with E-state index in [9.17, 15) is 10.0 Å². The molecular weight excluding hydrogens is 1340 g/mol. The number of fused-ring (bicyclic) bond motifs is 3. The number of nitrogens with two attached hydrogens (primary N) is 1. The number of nitrogens with one attached hydrogen (secondary N) is 2. The van der Waals surface area contributed by atoms with Crippen molar-refractivity contribution >= 4 is 127 Å². The van der Waals surface area contributed by atoms with Gasteiger partial charge in [0.25, 0.3) is 0 Å². The van der Waals surface area contributed by atoms with Gasteiger partial charge in [-0.2, -0.15) is 30.6 Å². The molecule has 0 spiro atoms. The van der Waals surface area contributed by atoms with Crippen LogP contribution in [0.3, 0.4) is 0 Å². The zero-order chi connectivity index (χ0) is 70.0. The summed E-state index contributed by atoms with van der Waals surface area (Å²) in [5.74, 6) is 3.02. The van der Waals surface area contributed by atoms with Gasteiger partial charge in [-0.25, -0.2) is 15.0 Å². The summed E-state index contributed by atoms with van der Waals surface area (Å²) in [7, 11) is 0.268. The largest absolute Gasteiger partial charge is 0.498 e. The van der Waals surface area contributed by atoms with Crippen molar-refractivity contribution in [1.29, 1.82) is 0 Å². The highest BCUT2D eigenvalue weighted by molar-refractivity contribution is 7.19. The number of aryl methyl sites for hydroxylation is 2. The minimum Gasteiger partial charge on any atom is -0.497 e. The molecule has 6 saturated carbocycles. The first kappa shape index (κ1) is 65.2. The molecule has 4 bridgehead atoms. The van der Waals surface area contributed by atoms with Gasteiger partial charge in [-0.1, -0.05) is 81.0 Å². The summed E-state index contributed by atoms with van der Waals surface area (Å²) in [5.41, 5.74) is 21.0. The molecule has 2 saturated heterocycles. The second-order valence-electron chi connectivity index (χ2n) is 29.9. The second kappa shape index (κ2) is 24.1. The number of aromatic nitrogens is 9. The van der Waals surface area contributed by atoms with Crippen molar-refractivity contribution in [2.45, 2.75) is 111 Å². The lowest BCUT2D eigenvalue weighted by Crippen LogP contribution is -2.65. The van der Waals surface area contributed by atoms with Crippen molar-refractivity contribution < 1.29 is 38.1 Å². The quantitative estimate of drug-likeness (QED) is 0.0563. The maximum atomic E-state index is 10.4. The van der Waals surface area contributed by atoms with Crippen LogP contribution >= 0.6 is 34.0 Å². The summed E-state index contributed by atoms with van der Waals surface area (Å²) >= 11 is 4.68. The Kier molecular flexibility index (Phi) is 15.4. The fraction of sp³-hybridized carbons (Fsp3) is 0.329. The maximum absolute atomic E-state index is 10.4. The first-order valence-electron chi connectivity index (χ1n) is 34.6. The number of thiazole rings is 3. The van der Waals surface area contributed by atoms with Gasteiger partial charge in [0, 0.05) is 65.9 Å². The highest BCUT2D eigenvalue weighted by Gasteiger charge is 2.69. The van der Waals surface area contributed by atoms with E-state index >= 15 is 0 Å². The van der Waals surface area contributed by atoms with Crippen LogP contribution in [0.5, 0.6) is 11.5 Å².